The largest absolute Gasteiger partial charge is 0.394 e. The fourth-order valence-corrected chi connectivity index (χ4v) is 1.14. The van der Waals surface area contributed by atoms with E-state index in [9.17, 15) is 13.2 Å². The Kier molecular flexibility index (Phi) is 6.87. The molecule has 0 aromatic heterocycles. The third-order valence-electron chi connectivity index (χ3n) is 2.10. The van der Waals surface area contributed by atoms with Crippen molar-refractivity contribution in [2.24, 2.45) is 11.7 Å². The van der Waals surface area contributed by atoms with Gasteiger partial charge in [0, 0.05) is 26.2 Å². The van der Waals surface area contributed by atoms with E-state index >= 15 is 0 Å². The lowest BCUT2D eigenvalue weighted by Crippen LogP contribution is -2.40. The van der Waals surface area contributed by atoms with Gasteiger partial charge in [0.05, 0.1) is 12.5 Å². The zero-order valence-corrected chi connectivity index (χ0v) is 9.18. The second-order valence-corrected chi connectivity index (χ2v) is 3.43. The molecule has 1 unspecified atom stereocenters. The Balaban J connectivity index is 3.86. The zero-order chi connectivity index (χ0) is 11.9. The van der Waals surface area contributed by atoms with Gasteiger partial charge < -0.3 is 15.4 Å². The lowest BCUT2D eigenvalue weighted by Gasteiger charge is -2.24. The minimum absolute atomic E-state index is 0.0763. The molecule has 2 N–H and O–H groups in total. The van der Waals surface area contributed by atoms with Gasteiger partial charge in [0.15, 0.2) is 0 Å². The van der Waals surface area contributed by atoms with Gasteiger partial charge in [-0.1, -0.05) is 0 Å². The van der Waals surface area contributed by atoms with E-state index in [1.165, 1.54) is 0 Å². The number of ether oxygens (including phenoxy) is 1. The molecule has 0 aliphatic heterocycles. The highest BCUT2D eigenvalue weighted by Gasteiger charge is 2.38. The summed E-state index contributed by atoms with van der Waals surface area (Å²) in [5.41, 5.74) is 5.08. The van der Waals surface area contributed by atoms with Crippen LogP contribution in [0.2, 0.25) is 0 Å². The summed E-state index contributed by atoms with van der Waals surface area (Å²) in [6, 6.07) is 0. The highest BCUT2D eigenvalue weighted by Crippen LogP contribution is 2.25. The second-order valence-electron chi connectivity index (χ2n) is 3.43. The molecule has 0 aliphatic carbocycles. The standard InChI is InChI=1S/C9H19F3N2O/c1-3-15-5-4-14(2)7-8(6-13)9(10,11)12/h8H,3-7,13H2,1-2H3. The summed E-state index contributed by atoms with van der Waals surface area (Å²) in [4.78, 5) is 1.58. The Labute approximate surface area is 88.4 Å². The van der Waals surface area contributed by atoms with Crippen LogP contribution >= 0.6 is 0 Å². The average molecular weight is 228 g/mol. The monoisotopic (exact) mass is 228 g/mol. The van der Waals surface area contributed by atoms with Crippen LogP contribution in [0.25, 0.3) is 0 Å². The summed E-state index contributed by atoms with van der Waals surface area (Å²) in [5.74, 6) is -1.45. The molecule has 1 atom stereocenters. The summed E-state index contributed by atoms with van der Waals surface area (Å²) in [7, 11) is 1.63. The molecule has 0 aromatic carbocycles. The van der Waals surface area contributed by atoms with E-state index < -0.39 is 12.1 Å². The van der Waals surface area contributed by atoms with Crippen LogP contribution in [0.4, 0.5) is 13.2 Å². The zero-order valence-electron chi connectivity index (χ0n) is 9.18. The van der Waals surface area contributed by atoms with Crippen LogP contribution in [0.1, 0.15) is 6.92 Å². The number of nitrogens with zero attached hydrogens (tertiary/aromatic N) is 1. The Morgan fingerprint density at radius 2 is 2.00 bits per heavy atom. The molecule has 0 aliphatic rings. The van der Waals surface area contributed by atoms with Crippen LogP contribution in [0, 0.1) is 5.92 Å². The highest BCUT2D eigenvalue weighted by atomic mass is 19.4. The minimum Gasteiger partial charge on any atom is -0.380 e. The number of likely N-dealkylation sites (N-methyl/N-ethyl adjacent to an activating group) is 1. The molecule has 92 valence electrons. The van der Waals surface area contributed by atoms with E-state index in [-0.39, 0.29) is 13.1 Å². The van der Waals surface area contributed by atoms with Gasteiger partial charge >= 0.3 is 6.18 Å². The predicted molar refractivity (Wildman–Crippen MR) is 52.6 cm³/mol. The summed E-state index contributed by atoms with van der Waals surface area (Å²) in [5, 5.41) is 0. The topological polar surface area (TPSA) is 38.5 Å². The molecule has 15 heavy (non-hydrogen) atoms. The van der Waals surface area contributed by atoms with Crippen molar-refractivity contribution in [3.8, 4) is 0 Å². The molecule has 0 rings (SSSR count). The molecule has 3 nitrogen and oxygen atoms in total. The molecule has 0 saturated carbocycles. The Morgan fingerprint density at radius 3 is 2.40 bits per heavy atom. The van der Waals surface area contributed by atoms with Gasteiger partial charge in [-0.15, -0.1) is 0 Å². The summed E-state index contributed by atoms with van der Waals surface area (Å²) in [6.07, 6.45) is -4.21. The van der Waals surface area contributed by atoms with Gasteiger partial charge in [-0.05, 0) is 14.0 Å². The maximum Gasteiger partial charge on any atom is 0.394 e. The number of rotatable bonds is 7. The molecule has 0 heterocycles. The lowest BCUT2D eigenvalue weighted by atomic mass is 10.1. The fourth-order valence-electron chi connectivity index (χ4n) is 1.14. The summed E-state index contributed by atoms with van der Waals surface area (Å²) in [6.45, 7) is 2.91. The molecule has 0 bridgehead atoms. The molecule has 0 spiro atoms. The maximum absolute atomic E-state index is 12.3. The van der Waals surface area contributed by atoms with E-state index in [0.29, 0.717) is 19.8 Å². The van der Waals surface area contributed by atoms with Crippen molar-refractivity contribution in [2.45, 2.75) is 13.1 Å². The third-order valence-corrected chi connectivity index (χ3v) is 2.10. The van der Waals surface area contributed by atoms with Gasteiger partial charge in [0.25, 0.3) is 0 Å². The van der Waals surface area contributed by atoms with Crippen molar-refractivity contribution in [2.75, 3.05) is 39.9 Å². The van der Waals surface area contributed by atoms with Crippen molar-refractivity contribution in [1.29, 1.82) is 0 Å². The van der Waals surface area contributed by atoms with Crippen LogP contribution in [-0.2, 0) is 4.74 Å². The van der Waals surface area contributed by atoms with Crippen molar-refractivity contribution in [1.82, 2.24) is 4.90 Å². The number of halogens is 3. The number of hydrogen-bond donors (Lipinski definition) is 1. The third kappa shape index (κ3) is 6.70. The summed E-state index contributed by atoms with van der Waals surface area (Å²) >= 11 is 0. The first kappa shape index (κ1) is 14.7. The Hall–Kier alpha value is -0.330. The smallest absolute Gasteiger partial charge is 0.380 e. The molecule has 0 fully saturated rings. The number of hydrogen-bond acceptors (Lipinski definition) is 3. The first-order chi connectivity index (χ1) is 6.91. The van der Waals surface area contributed by atoms with Crippen LogP contribution in [0.15, 0.2) is 0 Å². The van der Waals surface area contributed by atoms with E-state index in [4.69, 9.17) is 10.5 Å². The number of nitrogens with two attached hydrogens (primary N) is 1. The Bertz CT molecular complexity index is 164. The van der Waals surface area contributed by atoms with Gasteiger partial charge in [-0.25, -0.2) is 0 Å². The van der Waals surface area contributed by atoms with Crippen molar-refractivity contribution in [3.63, 3.8) is 0 Å². The fraction of sp³-hybridized carbons (Fsp3) is 1.00. The van der Waals surface area contributed by atoms with Crippen molar-refractivity contribution >= 4 is 0 Å². The van der Waals surface area contributed by atoms with Gasteiger partial charge in [-0.3, -0.25) is 0 Å². The quantitative estimate of drug-likeness (QED) is 0.663. The van der Waals surface area contributed by atoms with Crippen molar-refractivity contribution in [3.05, 3.63) is 0 Å². The normalized spacial score (nSPS) is 14.6. The maximum atomic E-state index is 12.3. The van der Waals surface area contributed by atoms with Crippen LogP contribution in [0.5, 0.6) is 0 Å². The predicted octanol–water partition coefficient (Wildman–Crippen LogP) is 1.09. The van der Waals surface area contributed by atoms with E-state index in [0.717, 1.165) is 0 Å². The molecule has 0 radical (unpaired) electrons. The molecule has 0 amide bonds. The minimum atomic E-state index is -4.21. The molecular weight excluding hydrogens is 209 g/mol. The molecular formula is C9H19F3N2O. The SMILES string of the molecule is CCOCCN(C)CC(CN)C(F)(F)F. The first-order valence-corrected chi connectivity index (χ1v) is 4.94. The summed E-state index contributed by atoms with van der Waals surface area (Å²) < 4.78 is 42.0. The first-order valence-electron chi connectivity index (χ1n) is 4.94. The van der Waals surface area contributed by atoms with Gasteiger partial charge in [0.1, 0.15) is 0 Å². The number of alkyl halides is 3. The lowest BCUT2D eigenvalue weighted by molar-refractivity contribution is -0.175. The van der Waals surface area contributed by atoms with Gasteiger partial charge in [-0.2, -0.15) is 13.2 Å². The van der Waals surface area contributed by atoms with Crippen molar-refractivity contribution < 1.29 is 17.9 Å². The average Bonchev–Trinajstić information content (AvgIpc) is 2.12. The van der Waals surface area contributed by atoms with E-state index in [1.807, 2.05) is 6.92 Å². The molecule has 0 aromatic rings. The Morgan fingerprint density at radius 1 is 1.40 bits per heavy atom. The molecule has 0 saturated heterocycles. The van der Waals surface area contributed by atoms with Crippen LogP contribution in [-0.4, -0.2) is 51.0 Å². The van der Waals surface area contributed by atoms with E-state index in [1.54, 1.807) is 11.9 Å². The van der Waals surface area contributed by atoms with Gasteiger partial charge in [0.2, 0.25) is 0 Å². The highest BCUT2D eigenvalue weighted by molar-refractivity contribution is 4.71. The second kappa shape index (κ2) is 7.03. The molecule has 6 heteroatoms. The van der Waals surface area contributed by atoms with Crippen LogP contribution in [0.3, 0.4) is 0 Å². The van der Waals surface area contributed by atoms with E-state index in [2.05, 4.69) is 0 Å². The van der Waals surface area contributed by atoms with Crippen LogP contribution < -0.4 is 5.73 Å².